The van der Waals surface area contributed by atoms with Crippen LogP contribution >= 0.6 is 0 Å². The molecule has 0 aromatic heterocycles. The second-order valence-electron chi connectivity index (χ2n) is 4.62. The minimum atomic E-state index is -4.24. The second-order valence-corrected chi connectivity index (χ2v) is 6.27. The van der Waals surface area contributed by atoms with Crippen molar-refractivity contribution in [2.45, 2.75) is 0 Å². The molecule has 5 nitrogen and oxygen atoms in total. The van der Waals surface area contributed by atoms with Crippen molar-refractivity contribution in [3.8, 4) is 11.8 Å². The third kappa shape index (κ3) is 4.08. The maximum absolute atomic E-state index is 13.9. The highest BCUT2D eigenvalue weighted by atomic mass is 32.2. The van der Waals surface area contributed by atoms with E-state index in [1.165, 1.54) is 37.4 Å². The first-order valence-electron chi connectivity index (χ1n) is 6.59. The quantitative estimate of drug-likeness (QED) is 0.840. The molecule has 0 fully saturated rings. The highest BCUT2D eigenvalue weighted by Crippen LogP contribution is 2.21. The van der Waals surface area contributed by atoms with Crippen LogP contribution in [0.2, 0.25) is 0 Å². The standard InChI is InChI=1S/C16H12F2N2O3S/c1-23-14-7-2-11(16(18)9-14)8-15(10-19)24(21,22)20-13-5-3-12(17)4-6-13/h2-9,20H,1H3/b15-8-. The Balaban J connectivity index is 2.35. The molecule has 8 heteroatoms. The minimum absolute atomic E-state index is 0.0766. The Morgan fingerprint density at radius 1 is 1.21 bits per heavy atom. The second kappa shape index (κ2) is 7.10. The van der Waals surface area contributed by atoms with E-state index in [1.54, 1.807) is 0 Å². The van der Waals surface area contributed by atoms with E-state index >= 15 is 0 Å². The first-order valence-corrected chi connectivity index (χ1v) is 8.08. The SMILES string of the molecule is COc1ccc(/C=C(/C#N)S(=O)(=O)Nc2ccc(F)cc2)c(F)c1. The Hall–Kier alpha value is -2.92. The predicted molar refractivity (Wildman–Crippen MR) is 85.5 cm³/mol. The van der Waals surface area contributed by atoms with Crippen LogP contribution in [0.1, 0.15) is 5.56 Å². The lowest BCUT2D eigenvalue weighted by molar-refractivity contribution is 0.411. The van der Waals surface area contributed by atoms with E-state index in [9.17, 15) is 17.2 Å². The summed E-state index contributed by atoms with van der Waals surface area (Å²) in [5.74, 6) is -1.01. The molecule has 2 aromatic carbocycles. The van der Waals surface area contributed by atoms with Gasteiger partial charge in [-0.2, -0.15) is 5.26 Å². The monoisotopic (exact) mass is 350 g/mol. The predicted octanol–water partition coefficient (Wildman–Crippen LogP) is 3.28. The fourth-order valence-electron chi connectivity index (χ4n) is 1.79. The van der Waals surface area contributed by atoms with Crippen LogP contribution in [0.4, 0.5) is 14.5 Å². The largest absolute Gasteiger partial charge is 0.497 e. The zero-order valence-corrected chi connectivity index (χ0v) is 13.3. The summed E-state index contributed by atoms with van der Waals surface area (Å²) < 4.78 is 58.1. The first-order chi connectivity index (χ1) is 11.4. The number of allylic oxidation sites excluding steroid dienone is 1. The third-order valence-electron chi connectivity index (χ3n) is 2.99. The van der Waals surface area contributed by atoms with Gasteiger partial charge in [-0.15, -0.1) is 0 Å². The maximum Gasteiger partial charge on any atom is 0.272 e. The first kappa shape index (κ1) is 17.4. The minimum Gasteiger partial charge on any atom is -0.497 e. The van der Waals surface area contributed by atoms with E-state index in [2.05, 4.69) is 4.72 Å². The molecule has 1 N–H and O–H groups in total. The van der Waals surface area contributed by atoms with Crippen molar-refractivity contribution < 1.29 is 21.9 Å². The van der Waals surface area contributed by atoms with E-state index in [4.69, 9.17) is 10.00 Å². The van der Waals surface area contributed by atoms with Gasteiger partial charge < -0.3 is 4.74 Å². The molecule has 2 aromatic rings. The summed E-state index contributed by atoms with van der Waals surface area (Å²) >= 11 is 0. The van der Waals surface area contributed by atoms with Crippen LogP contribution in [0.3, 0.4) is 0 Å². The lowest BCUT2D eigenvalue weighted by Gasteiger charge is -2.07. The summed E-state index contributed by atoms with van der Waals surface area (Å²) in [4.78, 5) is -0.684. The Bertz CT molecular complexity index is 917. The maximum atomic E-state index is 13.9. The van der Waals surface area contributed by atoms with Crippen molar-refractivity contribution in [2.24, 2.45) is 0 Å². The number of ether oxygens (including phenoxy) is 1. The number of nitriles is 1. The van der Waals surface area contributed by atoms with Gasteiger partial charge in [-0.05, 0) is 42.5 Å². The number of nitrogens with one attached hydrogen (secondary N) is 1. The van der Waals surface area contributed by atoms with Crippen LogP contribution in [0.15, 0.2) is 47.4 Å². The number of methoxy groups -OCH3 is 1. The Kier molecular flexibility index (Phi) is 5.16. The van der Waals surface area contributed by atoms with Gasteiger partial charge in [0.1, 0.15) is 23.5 Å². The van der Waals surface area contributed by atoms with Crippen LogP contribution in [0.25, 0.3) is 6.08 Å². The number of benzene rings is 2. The fraction of sp³-hybridized carbons (Fsp3) is 0.0625. The van der Waals surface area contributed by atoms with Crippen LogP contribution in [0, 0.1) is 23.0 Å². The molecule has 0 radical (unpaired) electrons. The summed E-state index contributed by atoms with van der Waals surface area (Å²) in [7, 11) is -2.88. The molecular formula is C16H12F2N2O3S. The summed E-state index contributed by atoms with van der Waals surface area (Å²) in [5, 5.41) is 9.09. The number of hydrogen-bond donors (Lipinski definition) is 1. The average Bonchev–Trinajstić information content (AvgIpc) is 2.55. The molecule has 0 saturated heterocycles. The average molecular weight is 350 g/mol. The summed E-state index contributed by atoms with van der Waals surface area (Å²) in [6.45, 7) is 0. The van der Waals surface area contributed by atoms with Crippen molar-refractivity contribution in [1.29, 1.82) is 5.26 Å². The molecule has 0 spiro atoms. The molecule has 0 aliphatic carbocycles. The van der Waals surface area contributed by atoms with Gasteiger partial charge in [-0.1, -0.05) is 0 Å². The molecule has 2 rings (SSSR count). The Morgan fingerprint density at radius 2 is 1.88 bits per heavy atom. The van der Waals surface area contributed by atoms with E-state index in [-0.39, 0.29) is 17.0 Å². The molecule has 0 unspecified atom stereocenters. The van der Waals surface area contributed by atoms with Gasteiger partial charge >= 0.3 is 0 Å². The van der Waals surface area contributed by atoms with Crippen molar-refractivity contribution >= 4 is 21.8 Å². The summed E-state index contributed by atoms with van der Waals surface area (Å²) in [6.07, 6.45) is 0.903. The van der Waals surface area contributed by atoms with Crippen molar-refractivity contribution in [2.75, 3.05) is 11.8 Å². The van der Waals surface area contributed by atoms with Crippen molar-refractivity contribution in [3.63, 3.8) is 0 Å². The van der Waals surface area contributed by atoms with Gasteiger partial charge in [-0.25, -0.2) is 17.2 Å². The van der Waals surface area contributed by atoms with Gasteiger partial charge in [0.2, 0.25) is 0 Å². The normalized spacial score (nSPS) is 11.7. The van der Waals surface area contributed by atoms with Crippen LogP contribution in [0.5, 0.6) is 5.75 Å². The van der Waals surface area contributed by atoms with E-state index < -0.39 is 26.6 Å². The molecule has 0 bridgehead atoms. The summed E-state index contributed by atoms with van der Waals surface area (Å²) in [6, 6.07) is 9.85. The van der Waals surface area contributed by atoms with Gasteiger partial charge in [0, 0.05) is 17.3 Å². The van der Waals surface area contributed by atoms with Gasteiger partial charge in [0.05, 0.1) is 7.11 Å². The molecule has 124 valence electrons. The Morgan fingerprint density at radius 3 is 2.42 bits per heavy atom. The topological polar surface area (TPSA) is 79.2 Å². The zero-order chi connectivity index (χ0) is 17.7. The molecule has 0 saturated carbocycles. The van der Waals surface area contributed by atoms with E-state index in [0.29, 0.717) is 0 Å². The van der Waals surface area contributed by atoms with Gasteiger partial charge in [0.15, 0.2) is 4.91 Å². The number of anilines is 1. The number of halogens is 2. The molecular weight excluding hydrogens is 338 g/mol. The smallest absolute Gasteiger partial charge is 0.272 e. The lowest BCUT2D eigenvalue weighted by Crippen LogP contribution is -2.14. The van der Waals surface area contributed by atoms with Gasteiger partial charge in [-0.3, -0.25) is 4.72 Å². The Labute approximate surface area is 137 Å². The van der Waals surface area contributed by atoms with Crippen LogP contribution in [-0.4, -0.2) is 15.5 Å². The fourth-order valence-corrected chi connectivity index (χ4v) is 2.75. The number of sulfonamides is 1. The highest BCUT2D eigenvalue weighted by molar-refractivity contribution is 7.96. The van der Waals surface area contributed by atoms with E-state index in [0.717, 1.165) is 24.3 Å². The molecule has 0 heterocycles. The highest BCUT2D eigenvalue weighted by Gasteiger charge is 2.18. The van der Waals surface area contributed by atoms with E-state index in [1.807, 2.05) is 0 Å². The molecule has 0 atom stereocenters. The molecule has 24 heavy (non-hydrogen) atoms. The molecule has 0 amide bonds. The van der Waals surface area contributed by atoms with Crippen molar-refractivity contribution in [1.82, 2.24) is 0 Å². The van der Waals surface area contributed by atoms with Crippen LogP contribution < -0.4 is 9.46 Å². The number of rotatable bonds is 5. The zero-order valence-electron chi connectivity index (χ0n) is 12.5. The molecule has 0 aliphatic heterocycles. The van der Waals surface area contributed by atoms with Crippen molar-refractivity contribution in [3.05, 3.63) is 64.6 Å². The number of hydrogen-bond acceptors (Lipinski definition) is 4. The lowest BCUT2D eigenvalue weighted by atomic mass is 10.2. The third-order valence-corrected chi connectivity index (χ3v) is 4.28. The summed E-state index contributed by atoms with van der Waals surface area (Å²) in [5.41, 5.74) is -0.00964. The van der Waals surface area contributed by atoms with Crippen LogP contribution in [-0.2, 0) is 10.0 Å². The number of nitrogens with zero attached hydrogens (tertiary/aromatic N) is 1. The molecule has 0 aliphatic rings. The van der Waals surface area contributed by atoms with Gasteiger partial charge in [0.25, 0.3) is 10.0 Å².